The lowest BCUT2D eigenvalue weighted by Crippen LogP contribution is -2.43. The average Bonchev–Trinajstić information content (AvgIpc) is 3.22. The monoisotopic (exact) mass is 452 g/mol. The molecule has 1 aliphatic heterocycles. The molecule has 0 radical (unpaired) electrons. The first kappa shape index (κ1) is 24.9. The van der Waals surface area contributed by atoms with Gasteiger partial charge in [-0.05, 0) is 40.0 Å². The van der Waals surface area contributed by atoms with Crippen LogP contribution in [0.4, 0.5) is 0 Å². The van der Waals surface area contributed by atoms with E-state index in [1.54, 1.807) is 34.1 Å². The number of hydrogen-bond donors (Lipinski definition) is 0. The predicted octanol–water partition coefficient (Wildman–Crippen LogP) is 3.15. The zero-order valence-electron chi connectivity index (χ0n) is 20.1. The fraction of sp³-hybridized carbons (Fsp3) is 0.750. The molecule has 8 heteroatoms. The van der Waals surface area contributed by atoms with Crippen LogP contribution in [0.15, 0.2) is 22.8 Å². The third-order valence-corrected chi connectivity index (χ3v) is 7.40. The van der Waals surface area contributed by atoms with E-state index < -0.39 is 17.8 Å². The summed E-state index contributed by atoms with van der Waals surface area (Å²) in [5.41, 5.74) is 1.34. The molecule has 1 heterocycles. The number of rotatable bonds is 8. The second-order valence-corrected chi connectivity index (χ2v) is 9.23. The molecule has 3 rings (SSSR count). The van der Waals surface area contributed by atoms with E-state index in [4.69, 9.17) is 28.4 Å². The van der Waals surface area contributed by atoms with Gasteiger partial charge in [-0.1, -0.05) is 13.0 Å². The van der Waals surface area contributed by atoms with Crippen molar-refractivity contribution < 1.29 is 38.0 Å². The number of esters is 2. The van der Waals surface area contributed by atoms with Gasteiger partial charge in [-0.3, -0.25) is 0 Å². The molecule has 7 atom stereocenters. The summed E-state index contributed by atoms with van der Waals surface area (Å²) in [6.07, 6.45) is 1.69. The average molecular weight is 453 g/mol. The molecule has 0 N–H and O–H groups in total. The van der Waals surface area contributed by atoms with E-state index in [1.807, 2.05) is 13.8 Å². The number of allylic oxidation sites excluding steroid dienone is 1. The Morgan fingerprint density at radius 3 is 2.56 bits per heavy atom. The molecule has 0 aromatic carbocycles. The normalized spacial score (nSPS) is 37.1. The molecule has 0 aromatic rings. The van der Waals surface area contributed by atoms with Gasteiger partial charge < -0.3 is 28.4 Å². The van der Waals surface area contributed by atoms with E-state index in [-0.39, 0.29) is 49.4 Å². The number of carbonyl (C=O) groups excluding carboxylic acids is 2. The molecule has 2 saturated carbocycles. The highest BCUT2D eigenvalue weighted by atomic mass is 16.7. The van der Waals surface area contributed by atoms with Gasteiger partial charge in [0.15, 0.2) is 0 Å². The van der Waals surface area contributed by atoms with E-state index >= 15 is 0 Å². The van der Waals surface area contributed by atoms with Gasteiger partial charge in [-0.25, -0.2) is 9.59 Å². The first-order valence-electron chi connectivity index (χ1n) is 11.2. The zero-order valence-corrected chi connectivity index (χ0v) is 20.1. The van der Waals surface area contributed by atoms with E-state index in [0.717, 1.165) is 5.57 Å². The first-order chi connectivity index (χ1) is 15.2. The Bertz CT molecular complexity index is 787. The summed E-state index contributed by atoms with van der Waals surface area (Å²) in [5, 5.41) is 0. The standard InChI is InChI=1S/C24H36O8/c1-8-13(2)22(25)31-17-9-16-19(14(17)3)21-20(15(4)23(26)32-21)18(29-11-27-6)10-24(16,5)30-12-28-7/h8,14,16-19,21H,9-12H2,1-7H3/b13-8-/t14-,16-,17+,18-,19+,21-,24-/m0/s1. The Morgan fingerprint density at radius 1 is 1.25 bits per heavy atom. The second-order valence-electron chi connectivity index (χ2n) is 9.23. The van der Waals surface area contributed by atoms with Gasteiger partial charge in [0, 0.05) is 49.2 Å². The Morgan fingerprint density at radius 2 is 1.94 bits per heavy atom. The smallest absolute Gasteiger partial charge is 0.334 e. The molecule has 2 fully saturated rings. The van der Waals surface area contributed by atoms with E-state index in [9.17, 15) is 9.59 Å². The van der Waals surface area contributed by atoms with Gasteiger partial charge in [0.2, 0.25) is 0 Å². The maximum atomic E-state index is 12.6. The van der Waals surface area contributed by atoms with Crippen LogP contribution < -0.4 is 0 Å². The molecule has 32 heavy (non-hydrogen) atoms. The molecule has 180 valence electrons. The van der Waals surface area contributed by atoms with Crippen LogP contribution in [0, 0.1) is 17.8 Å². The minimum atomic E-state index is -0.645. The Hall–Kier alpha value is -1.74. The lowest BCUT2D eigenvalue weighted by molar-refractivity contribution is -0.174. The van der Waals surface area contributed by atoms with Crippen LogP contribution in [0.2, 0.25) is 0 Å². The van der Waals surface area contributed by atoms with Gasteiger partial charge in [-0.2, -0.15) is 0 Å². The molecule has 0 unspecified atom stereocenters. The summed E-state index contributed by atoms with van der Waals surface area (Å²) in [6, 6.07) is 0. The molecule has 2 aliphatic carbocycles. The molecular weight excluding hydrogens is 416 g/mol. The Balaban J connectivity index is 2.01. The van der Waals surface area contributed by atoms with Crippen molar-refractivity contribution in [2.24, 2.45) is 17.8 Å². The molecule has 0 bridgehead atoms. The van der Waals surface area contributed by atoms with Crippen LogP contribution in [-0.2, 0) is 38.0 Å². The predicted molar refractivity (Wildman–Crippen MR) is 115 cm³/mol. The highest BCUT2D eigenvalue weighted by Gasteiger charge is 2.60. The summed E-state index contributed by atoms with van der Waals surface area (Å²) in [7, 11) is 3.15. The van der Waals surface area contributed by atoms with Gasteiger partial charge in [0.05, 0.1) is 11.7 Å². The summed E-state index contributed by atoms with van der Waals surface area (Å²) in [4.78, 5) is 25.1. The van der Waals surface area contributed by atoms with Gasteiger partial charge >= 0.3 is 11.9 Å². The van der Waals surface area contributed by atoms with Crippen molar-refractivity contribution in [3.05, 3.63) is 22.8 Å². The van der Waals surface area contributed by atoms with Gasteiger partial charge in [0.25, 0.3) is 0 Å². The van der Waals surface area contributed by atoms with Crippen LogP contribution in [0.5, 0.6) is 0 Å². The number of methoxy groups -OCH3 is 2. The highest BCUT2D eigenvalue weighted by Crippen LogP contribution is 2.55. The van der Waals surface area contributed by atoms with Crippen molar-refractivity contribution in [1.29, 1.82) is 0 Å². The Labute approximate surface area is 190 Å². The number of fused-ring (bicyclic) bond motifs is 3. The quantitative estimate of drug-likeness (QED) is 0.315. The SMILES string of the molecule is C/C=C(/C)C(=O)O[C@@H]1C[C@H]2[C@@H]([C@H]1C)[C@@H]1OC(=O)C(C)=C1[C@@H](OCOC)C[C@]2(C)OCOC. The molecule has 0 amide bonds. The van der Waals surface area contributed by atoms with Crippen molar-refractivity contribution in [3.63, 3.8) is 0 Å². The summed E-state index contributed by atoms with van der Waals surface area (Å²) in [6.45, 7) is 9.64. The number of ether oxygens (including phenoxy) is 6. The van der Waals surface area contributed by atoms with E-state index in [2.05, 4.69) is 6.92 Å². The summed E-state index contributed by atoms with van der Waals surface area (Å²) >= 11 is 0. The van der Waals surface area contributed by atoms with Crippen molar-refractivity contribution in [3.8, 4) is 0 Å². The fourth-order valence-electron chi connectivity index (χ4n) is 5.48. The second kappa shape index (κ2) is 10.0. The number of carbonyl (C=O) groups is 2. The molecule has 0 aromatic heterocycles. The topological polar surface area (TPSA) is 89.5 Å². The summed E-state index contributed by atoms with van der Waals surface area (Å²) < 4.78 is 34.5. The molecule has 3 aliphatic rings. The maximum absolute atomic E-state index is 12.6. The lowest BCUT2D eigenvalue weighted by atomic mass is 9.77. The van der Waals surface area contributed by atoms with Crippen LogP contribution in [-0.4, -0.2) is 63.7 Å². The Kier molecular flexibility index (Phi) is 7.81. The van der Waals surface area contributed by atoms with Crippen LogP contribution in [0.25, 0.3) is 0 Å². The fourth-order valence-corrected chi connectivity index (χ4v) is 5.48. The minimum absolute atomic E-state index is 0.0359. The zero-order chi connectivity index (χ0) is 23.6. The molecular formula is C24H36O8. The van der Waals surface area contributed by atoms with Crippen molar-refractivity contribution in [2.45, 2.75) is 71.4 Å². The third kappa shape index (κ3) is 4.51. The van der Waals surface area contributed by atoms with E-state index in [1.165, 1.54) is 0 Å². The number of hydrogen-bond acceptors (Lipinski definition) is 8. The largest absolute Gasteiger partial charge is 0.459 e. The summed E-state index contributed by atoms with van der Waals surface area (Å²) in [5.74, 6) is -0.816. The van der Waals surface area contributed by atoms with Crippen LogP contribution >= 0.6 is 0 Å². The van der Waals surface area contributed by atoms with Gasteiger partial charge in [0.1, 0.15) is 25.8 Å². The molecule has 8 nitrogen and oxygen atoms in total. The van der Waals surface area contributed by atoms with E-state index in [0.29, 0.717) is 24.0 Å². The third-order valence-electron chi connectivity index (χ3n) is 7.40. The van der Waals surface area contributed by atoms with Crippen molar-refractivity contribution in [2.75, 3.05) is 27.8 Å². The molecule has 0 spiro atoms. The molecule has 0 saturated heterocycles. The first-order valence-corrected chi connectivity index (χ1v) is 11.2. The van der Waals surface area contributed by atoms with Crippen LogP contribution in [0.3, 0.4) is 0 Å². The van der Waals surface area contributed by atoms with Gasteiger partial charge in [-0.15, -0.1) is 0 Å². The minimum Gasteiger partial charge on any atom is -0.459 e. The highest BCUT2D eigenvalue weighted by molar-refractivity contribution is 5.92. The van der Waals surface area contributed by atoms with Crippen LogP contribution in [0.1, 0.15) is 47.5 Å². The maximum Gasteiger partial charge on any atom is 0.334 e. The van der Waals surface area contributed by atoms with Crippen molar-refractivity contribution in [1.82, 2.24) is 0 Å². The van der Waals surface area contributed by atoms with Crippen molar-refractivity contribution >= 4 is 11.9 Å². The lowest BCUT2D eigenvalue weighted by Gasteiger charge is -2.38.